The molecular weight excluding hydrogens is 328 g/mol. The molecule has 23 heavy (non-hydrogen) atoms. The van der Waals surface area contributed by atoms with Gasteiger partial charge >= 0.3 is 0 Å². The Balaban J connectivity index is 1.40. The van der Waals surface area contributed by atoms with Crippen LogP contribution >= 0.6 is 22.7 Å². The van der Waals surface area contributed by atoms with Crippen LogP contribution < -0.4 is 10.2 Å². The minimum absolute atomic E-state index is 0.0214. The van der Waals surface area contributed by atoms with Gasteiger partial charge in [-0.1, -0.05) is 12.1 Å². The monoisotopic (exact) mass is 344 g/mol. The summed E-state index contributed by atoms with van der Waals surface area (Å²) < 4.78 is 0. The largest absolute Gasteiger partial charge is 0.353 e. The van der Waals surface area contributed by atoms with Crippen molar-refractivity contribution in [2.75, 3.05) is 18.0 Å². The summed E-state index contributed by atoms with van der Waals surface area (Å²) in [6.07, 6.45) is 0.943. The van der Waals surface area contributed by atoms with E-state index in [0.717, 1.165) is 35.9 Å². The summed E-state index contributed by atoms with van der Waals surface area (Å²) in [7, 11) is 0. The quantitative estimate of drug-likeness (QED) is 0.764. The van der Waals surface area contributed by atoms with E-state index >= 15 is 0 Å². The molecular formula is C16H16N4OS2. The van der Waals surface area contributed by atoms with E-state index in [4.69, 9.17) is 0 Å². The molecule has 0 aliphatic carbocycles. The normalized spacial score (nSPS) is 17.6. The lowest BCUT2D eigenvalue weighted by molar-refractivity contribution is 0.0944. The standard InChI is InChI=1S/C16H16N4OS2/c21-16(14-4-2-8-23-14)17-11-5-6-20(10-11)15-9-12(18-19-15)13-3-1-7-22-13/h1-4,7-9,11H,5-6,10H2,(H,17,21)(H,18,19)/t11-/m1/s1. The molecule has 0 saturated carbocycles. The van der Waals surface area contributed by atoms with Crippen LogP contribution in [0, 0.1) is 0 Å². The summed E-state index contributed by atoms with van der Waals surface area (Å²) in [6.45, 7) is 1.70. The predicted octanol–water partition coefficient (Wildman–Crippen LogP) is 3.21. The van der Waals surface area contributed by atoms with E-state index in [2.05, 4.69) is 37.9 Å². The van der Waals surface area contributed by atoms with Crippen molar-refractivity contribution in [3.05, 3.63) is 46.0 Å². The summed E-state index contributed by atoms with van der Waals surface area (Å²) in [6, 6.07) is 10.1. The molecule has 1 saturated heterocycles. The fraction of sp³-hybridized carbons (Fsp3) is 0.250. The molecule has 0 spiro atoms. The van der Waals surface area contributed by atoms with Gasteiger partial charge in [-0.15, -0.1) is 22.7 Å². The number of nitrogens with zero attached hydrogens (tertiary/aromatic N) is 2. The number of thiophene rings is 2. The molecule has 0 aromatic carbocycles. The van der Waals surface area contributed by atoms with Crippen LogP contribution in [0.5, 0.6) is 0 Å². The Kier molecular flexibility index (Phi) is 3.88. The van der Waals surface area contributed by atoms with Crippen molar-refractivity contribution in [1.29, 1.82) is 0 Å². The number of nitrogens with one attached hydrogen (secondary N) is 2. The van der Waals surface area contributed by atoms with E-state index in [9.17, 15) is 4.79 Å². The minimum atomic E-state index is 0.0214. The number of amides is 1. The number of aromatic amines is 1. The Hall–Kier alpha value is -2.12. The van der Waals surface area contributed by atoms with Crippen LogP contribution in [0.3, 0.4) is 0 Å². The van der Waals surface area contributed by atoms with Gasteiger partial charge in [0, 0.05) is 25.2 Å². The summed E-state index contributed by atoms with van der Waals surface area (Å²) in [5.74, 6) is 0.967. The molecule has 1 atom stereocenters. The van der Waals surface area contributed by atoms with E-state index in [1.807, 2.05) is 23.6 Å². The third-order valence-corrected chi connectivity index (χ3v) is 5.72. The van der Waals surface area contributed by atoms with Gasteiger partial charge in [0.05, 0.1) is 15.4 Å². The average molecular weight is 344 g/mol. The van der Waals surface area contributed by atoms with Crippen LogP contribution in [0.15, 0.2) is 41.1 Å². The molecule has 1 amide bonds. The topological polar surface area (TPSA) is 61.0 Å². The maximum atomic E-state index is 12.1. The molecule has 118 valence electrons. The SMILES string of the molecule is O=C(N[C@@H]1CCN(c2cc(-c3cccs3)[nH]n2)C1)c1cccs1. The highest BCUT2D eigenvalue weighted by atomic mass is 32.1. The highest BCUT2D eigenvalue weighted by molar-refractivity contribution is 7.13. The third-order valence-electron chi connectivity index (χ3n) is 3.94. The number of rotatable bonds is 4. The van der Waals surface area contributed by atoms with Crippen LogP contribution in [0.2, 0.25) is 0 Å². The zero-order chi connectivity index (χ0) is 15.6. The molecule has 1 aliphatic heterocycles. The van der Waals surface area contributed by atoms with E-state index in [0.29, 0.717) is 0 Å². The van der Waals surface area contributed by atoms with E-state index in [-0.39, 0.29) is 11.9 Å². The fourth-order valence-corrected chi connectivity index (χ4v) is 4.10. The Labute approximate surface area is 142 Å². The van der Waals surface area contributed by atoms with Crippen molar-refractivity contribution in [3.8, 4) is 10.6 Å². The maximum Gasteiger partial charge on any atom is 0.261 e. The molecule has 4 heterocycles. The number of aromatic nitrogens is 2. The first-order chi connectivity index (χ1) is 11.3. The lowest BCUT2D eigenvalue weighted by Gasteiger charge is -2.15. The summed E-state index contributed by atoms with van der Waals surface area (Å²) >= 11 is 3.17. The zero-order valence-electron chi connectivity index (χ0n) is 12.4. The van der Waals surface area contributed by atoms with Gasteiger partial charge in [0.25, 0.3) is 5.91 Å². The highest BCUT2D eigenvalue weighted by Gasteiger charge is 2.26. The Bertz CT molecular complexity index is 779. The molecule has 5 nitrogen and oxygen atoms in total. The van der Waals surface area contributed by atoms with Crippen LogP contribution in [0.1, 0.15) is 16.1 Å². The van der Waals surface area contributed by atoms with Crippen molar-refractivity contribution in [2.24, 2.45) is 0 Å². The van der Waals surface area contributed by atoms with Crippen LogP contribution in [0.4, 0.5) is 5.82 Å². The van der Waals surface area contributed by atoms with Crippen LogP contribution in [0.25, 0.3) is 10.6 Å². The number of hydrogen-bond donors (Lipinski definition) is 2. The molecule has 3 aromatic heterocycles. The molecule has 0 radical (unpaired) electrons. The van der Waals surface area contributed by atoms with E-state index in [1.165, 1.54) is 16.2 Å². The average Bonchev–Trinajstić information content (AvgIpc) is 3.30. The van der Waals surface area contributed by atoms with Gasteiger partial charge in [0.2, 0.25) is 0 Å². The number of H-pyrrole nitrogens is 1. The van der Waals surface area contributed by atoms with Crippen molar-refractivity contribution in [3.63, 3.8) is 0 Å². The molecule has 1 fully saturated rings. The molecule has 4 rings (SSSR count). The first-order valence-corrected chi connectivity index (χ1v) is 9.24. The fourth-order valence-electron chi connectivity index (χ4n) is 2.78. The van der Waals surface area contributed by atoms with Crippen molar-refractivity contribution < 1.29 is 4.79 Å². The van der Waals surface area contributed by atoms with Crippen molar-refractivity contribution >= 4 is 34.4 Å². The molecule has 2 N–H and O–H groups in total. The molecule has 0 unspecified atom stereocenters. The van der Waals surface area contributed by atoms with E-state index in [1.54, 1.807) is 11.3 Å². The number of carbonyl (C=O) groups is 1. The van der Waals surface area contributed by atoms with Gasteiger partial charge in [-0.3, -0.25) is 9.89 Å². The number of carbonyl (C=O) groups excluding carboxylic acids is 1. The number of anilines is 1. The summed E-state index contributed by atoms with van der Waals surface area (Å²) in [5.41, 5.74) is 1.04. The van der Waals surface area contributed by atoms with Crippen molar-refractivity contribution in [2.45, 2.75) is 12.5 Å². The van der Waals surface area contributed by atoms with Gasteiger partial charge in [-0.25, -0.2) is 0 Å². The third kappa shape index (κ3) is 3.02. The first kappa shape index (κ1) is 14.5. The second-order valence-electron chi connectivity index (χ2n) is 5.50. The second-order valence-corrected chi connectivity index (χ2v) is 7.39. The lowest BCUT2D eigenvalue weighted by Crippen LogP contribution is -2.36. The smallest absolute Gasteiger partial charge is 0.261 e. The second kappa shape index (κ2) is 6.17. The van der Waals surface area contributed by atoms with Crippen molar-refractivity contribution in [1.82, 2.24) is 15.5 Å². The zero-order valence-corrected chi connectivity index (χ0v) is 14.0. The Morgan fingerprint density at radius 1 is 1.30 bits per heavy atom. The van der Waals surface area contributed by atoms with Gasteiger partial charge in [-0.2, -0.15) is 5.10 Å². The lowest BCUT2D eigenvalue weighted by atomic mass is 10.2. The first-order valence-electron chi connectivity index (χ1n) is 7.48. The minimum Gasteiger partial charge on any atom is -0.353 e. The molecule has 1 aliphatic rings. The van der Waals surface area contributed by atoms with Gasteiger partial charge in [-0.05, 0) is 29.3 Å². The molecule has 7 heteroatoms. The number of hydrogen-bond acceptors (Lipinski definition) is 5. The molecule has 3 aromatic rings. The van der Waals surface area contributed by atoms with Gasteiger partial charge < -0.3 is 10.2 Å². The highest BCUT2D eigenvalue weighted by Crippen LogP contribution is 2.27. The Morgan fingerprint density at radius 2 is 2.17 bits per heavy atom. The van der Waals surface area contributed by atoms with Gasteiger partial charge in [0.15, 0.2) is 5.82 Å². The van der Waals surface area contributed by atoms with Crippen LogP contribution in [-0.4, -0.2) is 35.2 Å². The Morgan fingerprint density at radius 3 is 2.96 bits per heavy atom. The summed E-state index contributed by atoms with van der Waals surface area (Å²) in [5, 5.41) is 14.6. The van der Waals surface area contributed by atoms with Gasteiger partial charge in [0.1, 0.15) is 0 Å². The molecule has 0 bridgehead atoms. The van der Waals surface area contributed by atoms with E-state index < -0.39 is 0 Å². The summed E-state index contributed by atoms with van der Waals surface area (Å²) in [4.78, 5) is 16.3. The predicted molar refractivity (Wildman–Crippen MR) is 94.3 cm³/mol. The van der Waals surface area contributed by atoms with Crippen LogP contribution in [-0.2, 0) is 0 Å². The maximum absolute atomic E-state index is 12.1.